The molecule has 7 heteroatoms. The minimum atomic E-state index is -0.00329. The number of benzene rings is 4. The second-order valence-corrected chi connectivity index (χ2v) is 12.5. The van der Waals surface area contributed by atoms with Gasteiger partial charge < -0.3 is 19.1 Å². The van der Waals surface area contributed by atoms with Gasteiger partial charge in [-0.3, -0.25) is 0 Å². The molecule has 0 atom stereocenters. The van der Waals surface area contributed by atoms with Crippen molar-refractivity contribution in [2.75, 3.05) is 4.90 Å². The van der Waals surface area contributed by atoms with Crippen molar-refractivity contribution in [2.24, 2.45) is 0 Å². The number of nitrogens with zero attached hydrogens (tertiary/aromatic N) is 4. The molecule has 7 aromatic rings. The Hall–Kier alpha value is -4.12. The molecule has 3 aromatic heterocycles. The van der Waals surface area contributed by atoms with Crippen LogP contribution in [-0.2, 0) is 21.1 Å². The van der Waals surface area contributed by atoms with E-state index in [1.807, 2.05) is 66.2 Å². The van der Waals surface area contributed by atoms with E-state index in [0.29, 0.717) is 11.5 Å². The third-order valence-corrected chi connectivity index (χ3v) is 8.83. The van der Waals surface area contributed by atoms with E-state index in [9.17, 15) is 0 Å². The number of hydrogen-bond acceptors (Lipinski definition) is 5. The zero-order valence-electron chi connectivity index (χ0n) is 23.8. The summed E-state index contributed by atoms with van der Waals surface area (Å²) in [7, 11) is 0. The quantitative estimate of drug-likeness (QED) is 0.168. The van der Waals surface area contributed by atoms with Gasteiger partial charge in [0.25, 0.3) is 0 Å². The molecule has 0 amide bonds. The molecule has 43 heavy (non-hydrogen) atoms. The van der Waals surface area contributed by atoms with Gasteiger partial charge in [-0.25, -0.2) is 4.98 Å². The van der Waals surface area contributed by atoms with Gasteiger partial charge in [-0.2, -0.15) is 18.8 Å². The van der Waals surface area contributed by atoms with Crippen molar-refractivity contribution in [2.45, 2.75) is 26.3 Å². The number of aromatic nitrogens is 2. The van der Waals surface area contributed by atoms with Crippen molar-refractivity contribution in [1.82, 2.24) is 14.5 Å². The summed E-state index contributed by atoms with van der Waals surface area (Å²) >= 11 is 1.82. The van der Waals surface area contributed by atoms with E-state index in [2.05, 4.69) is 103 Å². The molecule has 1 aliphatic rings. The summed E-state index contributed by atoms with van der Waals surface area (Å²) < 4.78 is 11.1. The van der Waals surface area contributed by atoms with Gasteiger partial charge in [0.2, 0.25) is 0 Å². The van der Waals surface area contributed by atoms with E-state index in [1.165, 1.54) is 25.6 Å². The van der Waals surface area contributed by atoms with Crippen molar-refractivity contribution in [1.29, 1.82) is 0 Å². The van der Waals surface area contributed by atoms with Gasteiger partial charge in [0, 0.05) is 64.5 Å². The van der Waals surface area contributed by atoms with E-state index in [4.69, 9.17) is 9.72 Å². The average Bonchev–Trinajstić information content (AvgIpc) is 3.72. The number of pyridine rings is 1. The molecule has 1 aliphatic heterocycles. The second-order valence-electron chi connectivity index (χ2n) is 11.4. The normalized spacial score (nSPS) is 13.5. The number of rotatable bonds is 4. The second kappa shape index (κ2) is 10.5. The fraction of sp³-hybridized carbons (Fsp3) is 0.111. The molecule has 4 heterocycles. The van der Waals surface area contributed by atoms with Crippen molar-refractivity contribution in [3.8, 4) is 17.3 Å². The molecular formula is C36H27N4OPtS-3. The Bertz CT molecular complexity index is 2160. The Morgan fingerprint density at radius 3 is 2.40 bits per heavy atom. The first-order chi connectivity index (χ1) is 20.4. The molecule has 8 rings (SSSR count). The van der Waals surface area contributed by atoms with Crippen LogP contribution in [0.1, 0.15) is 20.8 Å². The third kappa shape index (κ3) is 4.70. The molecule has 0 saturated carbocycles. The fourth-order valence-electron chi connectivity index (χ4n) is 5.65. The molecule has 216 valence electrons. The van der Waals surface area contributed by atoms with Crippen molar-refractivity contribution >= 4 is 59.0 Å². The van der Waals surface area contributed by atoms with Crippen LogP contribution in [0.25, 0.3) is 47.8 Å². The van der Waals surface area contributed by atoms with Gasteiger partial charge >= 0.3 is 0 Å². The van der Waals surface area contributed by atoms with Crippen LogP contribution in [0, 0.1) is 18.8 Å². The Morgan fingerprint density at radius 1 is 0.767 bits per heavy atom. The van der Waals surface area contributed by atoms with Crippen LogP contribution in [0.2, 0.25) is 0 Å². The predicted molar refractivity (Wildman–Crippen MR) is 173 cm³/mol. The summed E-state index contributed by atoms with van der Waals surface area (Å²) in [6.45, 7) is 8.63. The van der Waals surface area contributed by atoms with Crippen LogP contribution in [0.15, 0.2) is 104 Å². The molecular weight excluding hydrogens is 732 g/mol. The van der Waals surface area contributed by atoms with Crippen LogP contribution in [0.3, 0.4) is 0 Å². The van der Waals surface area contributed by atoms with Gasteiger partial charge in [0.05, 0.1) is 5.52 Å². The van der Waals surface area contributed by atoms with E-state index in [-0.39, 0.29) is 26.6 Å². The third-order valence-electron chi connectivity index (χ3n) is 7.69. The Morgan fingerprint density at radius 2 is 1.58 bits per heavy atom. The van der Waals surface area contributed by atoms with E-state index in [1.54, 1.807) is 0 Å². The first kappa shape index (κ1) is 27.7. The number of anilines is 1. The van der Waals surface area contributed by atoms with Gasteiger partial charge in [0.1, 0.15) is 5.82 Å². The number of thiophene rings is 1. The van der Waals surface area contributed by atoms with Gasteiger partial charge in [-0.1, -0.05) is 35.8 Å². The summed E-state index contributed by atoms with van der Waals surface area (Å²) in [6.07, 6.45) is 5.96. The fourth-order valence-corrected chi connectivity index (χ4v) is 6.76. The minimum absolute atomic E-state index is 0. The van der Waals surface area contributed by atoms with Crippen LogP contribution < -0.4 is 9.64 Å². The Kier molecular flexibility index (Phi) is 6.80. The standard InChI is InChI=1S/C36H27N4OS.Pt/c1-36(2,3)39-20-19-38(23-39)24-9-8-10-25(21-24)41-26-14-15-27-28-16-17-32-34(29-11-4-5-12-31(29)42-32)35(28)40(30(27)22-26)33-13-6-7-18-37-33;/h4-20,23H,1-3H3;/q-3;. The van der Waals surface area contributed by atoms with E-state index >= 15 is 0 Å². The van der Waals surface area contributed by atoms with Crippen LogP contribution in [0.5, 0.6) is 11.5 Å². The monoisotopic (exact) mass is 758 g/mol. The van der Waals surface area contributed by atoms with Gasteiger partial charge in [0.15, 0.2) is 0 Å². The van der Waals surface area contributed by atoms with Crippen LogP contribution in [-0.4, -0.2) is 20.0 Å². The van der Waals surface area contributed by atoms with E-state index < -0.39 is 0 Å². The summed E-state index contributed by atoms with van der Waals surface area (Å²) in [5.41, 5.74) is 2.97. The minimum Gasteiger partial charge on any atom is -0.509 e. The van der Waals surface area contributed by atoms with Crippen LogP contribution in [0.4, 0.5) is 5.69 Å². The number of hydrogen-bond donors (Lipinski definition) is 0. The number of fused-ring (bicyclic) bond motifs is 7. The van der Waals surface area contributed by atoms with Crippen molar-refractivity contribution in [3.05, 3.63) is 122 Å². The summed E-state index contributed by atoms with van der Waals surface area (Å²) in [6, 6.07) is 36.2. The largest absolute Gasteiger partial charge is 0.509 e. The smallest absolute Gasteiger partial charge is 0.135 e. The Labute approximate surface area is 268 Å². The maximum absolute atomic E-state index is 6.39. The molecule has 0 aliphatic carbocycles. The summed E-state index contributed by atoms with van der Waals surface area (Å²) in [5, 5.41) is 4.77. The van der Waals surface area contributed by atoms with Gasteiger partial charge in [-0.05, 0) is 62.8 Å². The SMILES string of the molecule is CC(C)(C)N1C=CN(c2[c-]c(Oc3[c-]c4c(cc3)c3ccc5sc6ccccc6c5c3n4-c3ccccn3)ccc2)[CH-]1.[Pt]. The maximum Gasteiger partial charge on any atom is 0.135 e. The molecule has 5 nitrogen and oxygen atoms in total. The number of ether oxygens (including phenoxy) is 1. The molecule has 0 unspecified atom stereocenters. The molecule has 0 saturated heterocycles. The molecule has 0 bridgehead atoms. The van der Waals surface area contributed by atoms with Gasteiger partial charge in [-0.15, -0.1) is 52.7 Å². The topological polar surface area (TPSA) is 33.5 Å². The molecule has 0 radical (unpaired) electrons. The molecule has 0 spiro atoms. The zero-order chi connectivity index (χ0) is 28.4. The average molecular weight is 759 g/mol. The molecule has 0 N–H and O–H groups in total. The Balaban J connectivity index is 0.00000300. The predicted octanol–water partition coefficient (Wildman–Crippen LogP) is 9.45. The van der Waals surface area contributed by atoms with Crippen molar-refractivity contribution < 1.29 is 25.8 Å². The zero-order valence-corrected chi connectivity index (χ0v) is 26.9. The van der Waals surface area contributed by atoms with E-state index in [0.717, 1.165) is 27.9 Å². The first-order valence-electron chi connectivity index (χ1n) is 14.0. The summed E-state index contributed by atoms with van der Waals surface area (Å²) in [4.78, 5) is 9.00. The maximum atomic E-state index is 6.39. The molecule has 4 aromatic carbocycles. The first-order valence-corrected chi connectivity index (χ1v) is 14.8. The van der Waals surface area contributed by atoms with Crippen LogP contribution >= 0.6 is 11.3 Å². The summed E-state index contributed by atoms with van der Waals surface area (Å²) in [5.74, 6) is 2.10. The van der Waals surface area contributed by atoms with Crippen molar-refractivity contribution in [3.63, 3.8) is 0 Å². The molecule has 0 fully saturated rings.